The first-order valence-corrected chi connectivity index (χ1v) is 14.8. The van der Waals surface area contributed by atoms with E-state index in [2.05, 4.69) is 21.9 Å². The minimum absolute atomic E-state index is 0.0925. The van der Waals surface area contributed by atoms with Crippen molar-refractivity contribution in [1.82, 2.24) is 20.8 Å². The van der Waals surface area contributed by atoms with Crippen molar-refractivity contribution in [2.45, 2.75) is 77.0 Å². The average Bonchev–Trinajstić information content (AvgIpc) is 3.00. The molecule has 0 aromatic carbocycles. The molecule has 14 nitrogen and oxygen atoms in total. The van der Waals surface area contributed by atoms with Crippen LogP contribution in [0.2, 0.25) is 0 Å². The predicted molar refractivity (Wildman–Crippen MR) is 153 cm³/mol. The molecule has 2 N–H and O–H groups in total. The fraction of sp³-hybridized carbons (Fsp3) is 0.786. The van der Waals surface area contributed by atoms with Crippen LogP contribution in [0.4, 0.5) is 4.79 Å². The SMILES string of the molecule is C=CCOOCCOC(=O)NCCCCCCN(OCNCCCCCCOC#N)N(C=O)CCCCCCOC#N. The van der Waals surface area contributed by atoms with Gasteiger partial charge in [0.05, 0.1) is 0 Å². The van der Waals surface area contributed by atoms with Crippen LogP contribution in [0.5, 0.6) is 0 Å². The molecule has 2 amide bonds. The second-order valence-electron chi connectivity index (χ2n) is 9.20. The summed E-state index contributed by atoms with van der Waals surface area (Å²) in [5, 5.41) is 25.9. The van der Waals surface area contributed by atoms with E-state index >= 15 is 0 Å². The molecule has 14 heteroatoms. The molecule has 42 heavy (non-hydrogen) atoms. The third-order valence-electron chi connectivity index (χ3n) is 5.80. The van der Waals surface area contributed by atoms with Gasteiger partial charge in [0.2, 0.25) is 6.41 Å². The number of rotatable bonds is 32. The Morgan fingerprint density at radius 3 is 2.02 bits per heavy atom. The average molecular weight is 599 g/mol. The molecule has 0 aliphatic heterocycles. The first-order chi connectivity index (χ1) is 20.7. The highest BCUT2D eigenvalue weighted by atomic mass is 17.2. The minimum Gasteiger partial charge on any atom is -0.447 e. The van der Waals surface area contributed by atoms with Gasteiger partial charge in [-0.2, -0.15) is 10.5 Å². The summed E-state index contributed by atoms with van der Waals surface area (Å²) < 4.78 is 14.4. The zero-order chi connectivity index (χ0) is 30.8. The number of nitriles is 2. The molecule has 0 saturated heterocycles. The van der Waals surface area contributed by atoms with Crippen molar-refractivity contribution in [2.75, 3.05) is 65.9 Å². The number of hydrogen-bond donors (Lipinski definition) is 2. The monoisotopic (exact) mass is 598 g/mol. The molecule has 0 aliphatic carbocycles. The highest BCUT2D eigenvalue weighted by Crippen LogP contribution is 2.08. The molecule has 0 atom stereocenters. The van der Waals surface area contributed by atoms with Crippen molar-refractivity contribution < 1.29 is 38.4 Å². The van der Waals surface area contributed by atoms with Crippen molar-refractivity contribution in [3.05, 3.63) is 12.7 Å². The summed E-state index contributed by atoms with van der Waals surface area (Å²) >= 11 is 0. The van der Waals surface area contributed by atoms with Gasteiger partial charge in [-0.25, -0.2) is 14.6 Å². The van der Waals surface area contributed by atoms with Gasteiger partial charge >= 0.3 is 6.09 Å². The Balaban J connectivity index is 4.25. The number of amides is 2. The third-order valence-corrected chi connectivity index (χ3v) is 5.80. The van der Waals surface area contributed by atoms with E-state index in [0.717, 1.165) is 90.0 Å². The molecule has 0 rings (SSSR count). The maximum absolute atomic E-state index is 11.8. The summed E-state index contributed by atoms with van der Waals surface area (Å²) in [5.41, 5.74) is 0. The molecule has 0 fully saturated rings. The van der Waals surface area contributed by atoms with Gasteiger partial charge in [-0.05, 0) is 57.9 Å². The van der Waals surface area contributed by atoms with E-state index in [9.17, 15) is 9.59 Å². The fourth-order valence-corrected chi connectivity index (χ4v) is 3.64. The molecular weight excluding hydrogens is 548 g/mol. The molecule has 0 aliphatic rings. The van der Waals surface area contributed by atoms with Crippen LogP contribution in [0, 0.1) is 23.0 Å². The second-order valence-corrected chi connectivity index (χ2v) is 9.20. The Morgan fingerprint density at radius 1 is 0.762 bits per heavy atom. The number of hydroxylamine groups is 1. The highest BCUT2D eigenvalue weighted by Gasteiger charge is 2.14. The fourth-order valence-electron chi connectivity index (χ4n) is 3.64. The van der Waals surface area contributed by atoms with E-state index in [4.69, 9.17) is 34.6 Å². The number of carbonyl (C=O) groups excluding carboxylic acids is 2. The number of alkyl carbamates (subject to hydrolysis) is 1. The van der Waals surface area contributed by atoms with E-state index in [1.165, 1.54) is 0 Å². The quantitative estimate of drug-likeness (QED) is 0.0220. The van der Waals surface area contributed by atoms with Crippen LogP contribution in [0.15, 0.2) is 12.7 Å². The Labute approximate surface area is 250 Å². The number of hydrazine groups is 1. The lowest BCUT2D eigenvalue weighted by molar-refractivity contribution is -0.289. The van der Waals surface area contributed by atoms with Gasteiger partial charge in [0, 0.05) is 19.6 Å². The Kier molecular flexibility index (Phi) is 30.0. The number of nitrogens with one attached hydrogen (secondary N) is 2. The molecule has 0 bridgehead atoms. The molecule has 240 valence electrons. The van der Waals surface area contributed by atoms with Crippen molar-refractivity contribution in [1.29, 1.82) is 10.5 Å². The minimum atomic E-state index is -0.498. The highest BCUT2D eigenvalue weighted by molar-refractivity contribution is 5.66. The lowest BCUT2D eigenvalue weighted by Gasteiger charge is -2.31. The van der Waals surface area contributed by atoms with Crippen LogP contribution in [-0.4, -0.2) is 88.6 Å². The lowest BCUT2D eigenvalue weighted by Crippen LogP contribution is -2.44. The van der Waals surface area contributed by atoms with E-state index in [-0.39, 0.29) is 26.6 Å². The zero-order valence-electron chi connectivity index (χ0n) is 25.0. The molecule has 0 heterocycles. The summed E-state index contributed by atoms with van der Waals surface area (Å²) in [4.78, 5) is 39.0. The summed E-state index contributed by atoms with van der Waals surface area (Å²) in [6.07, 6.45) is 15.9. The van der Waals surface area contributed by atoms with Crippen LogP contribution in [-0.2, 0) is 33.6 Å². The standard InChI is InChI=1S/C28H50N6O8/c1-2-19-41-42-23-22-39-28(36)32-16-10-3-5-12-18-34(33(27-35)17-11-6-8-14-21-38-25-30)40-26-31-15-9-4-7-13-20-37-24-29/h2,27,31H,1,3-23,26H2,(H,32,36). The van der Waals surface area contributed by atoms with Gasteiger partial charge in [0.25, 0.3) is 12.5 Å². The Bertz CT molecular complexity index is 734. The maximum Gasteiger partial charge on any atom is 0.407 e. The first kappa shape index (κ1) is 38.9. The second kappa shape index (κ2) is 32.4. The summed E-state index contributed by atoms with van der Waals surface area (Å²) in [5.74, 6) is 0. The van der Waals surface area contributed by atoms with Crippen LogP contribution >= 0.6 is 0 Å². The molecule has 0 aromatic heterocycles. The molecule has 0 aromatic rings. The largest absolute Gasteiger partial charge is 0.447 e. The van der Waals surface area contributed by atoms with Crippen molar-refractivity contribution in [2.24, 2.45) is 0 Å². The summed E-state index contributed by atoms with van der Waals surface area (Å²) in [6, 6.07) is 0. The smallest absolute Gasteiger partial charge is 0.407 e. The van der Waals surface area contributed by atoms with Crippen LogP contribution in [0.1, 0.15) is 77.0 Å². The summed E-state index contributed by atoms with van der Waals surface area (Å²) in [7, 11) is 0. The van der Waals surface area contributed by atoms with Crippen molar-refractivity contribution in [3.63, 3.8) is 0 Å². The third kappa shape index (κ3) is 27.1. The van der Waals surface area contributed by atoms with Gasteiger partial charge < -0.3 is 19.5 Å². The van der Waals surface area contributed by atoms with Gasteiger partial charge in [0.1, 0.15) is 39.8 Å². The Morgan fingerprint density at radius 2 is 1.38 bits per heavy atom. The maximum atomic E-state index is 11.8. The molecule has 0 unspecified atom stereocenters. The number of carbonyl (C=O) groups is 2. The molecule has 0 saturated carbocycles. The summed E-state index contributed by atoms with van der Waals surface area (Å²) in [6.45, 7) is 7.53. The van der Waals surface area contributed by atoms with E-state index < -0.39 is 6.09 Å². The van der Waals surface area contributed by atoms with E-state index in [1.54, 1.807) is 28.8 Å². The molecule has 0 radical (unpaired) electrons. The topological polar surface area (TPSA) is 168 Å². The predicted octanol–water partition coefficient (Wildman–Crippen LogP) is 3.68. The van der Waals surface area contributed by atoms with Gasteiger partial charge in [-0.15, -0.1) is 6.58 Å². The normalized spacial score (nSPS) is 10.5. The molecule has 0 spiro atoms. The van der Waals surface area contributed by atoms with Gasteiger partial charge in [-0.1, -0.05) is 36.9 Å². The zero-order valence-corrected chi connectivity index (χ0v) is 25.0. The van der Waals surface area contributed by atoms with E-state index in [1.807, 2.05) is 0 Å². The number of nitrogens with zero attached hydrogens (tertiary/aromatic N) is 4. The first-order valence-electron chi connectivity index (χ1n) is 14.8. The van der Waals surface area contributed by atoms with E-state index in [0.29, 0.717) is 32.8 Å². The van der Waals surface area contributed by atoms with Crippen molar-refractivity contribution in [3.8, 4) is 12.5 Å². The Hall–Kier alpha value is -3.14. The van der Waals surface area contributed by atoms with Crippen LogP contribution < -0.4 is 10.6 Å². The van der Waals surface area contributed by atoms with Gasteiger partial charge in [-0.3, -0.25) is 20.0 Å². The number of ether oxygens (including phenoxy) is 3. The van der Waals surface area contributed by atoms with Crippen LogP contribution in [0.3, 0.4) is 0 Å². The number of hydrogen-bond acceptors (Lipinski definition) is 12. The van der Waals surface area contributed by atoms with Crippen molar-refractivity contribution >= 4 is 12.5 Å². The van der Waals surface area contributed by atoms with Crippen LogP contribution in [0.25, 0.3) is 0 Å². The lowest BCUT2D eigenvalue weighted by atomic mass is 10.2. The van der Waals surface area contributed by atoms with Gasteiger partial charge in [0.15, 0.2) is 0 Å². The number of unbranched alkanes of at least 4 members (excludes halogenated alkanes) is 9. The molecular formula is C28H50N6O8.